The predicted molar refractivity (Wildman–Crippen MR) is 101 cm³/mol. The van der Waals surface area contributed by atoms with Crippen LogP contribution in [0.1, 0.15) is 59.0 Å². The van der Waals surface area contributed by atoms with Gasteiger partial charge in [-0.15, -0.1) is 0 Å². The monoisotopic (exact) mass is 347 g/mol. The minimum absolute atomic E-state index is 0.246. The molecule has 5 nitrogen and oxygen atoms in total. The van der Waals surface area contributed by atoms with Crippen molar-refractivity contribution in [3.05, 3.63) is 53.3 Å². The molecule has 132 valence electrons. The molecular formula is C21H21N3O2. The minimum Gasteiger partial charge on any atom is -0.478 e. The third-order valence-corrected chi connectivity index (χ3v) is 5.47. The molecule has 2 N–H and O–H groups in total. The number of carboxylic acid groups (broad SMARTS) is 1. The van der Waals surface area contributed by atoms with Crippen LogP contribution < -0.4 is 5.32 Å². The number of aromatic nitrogens is 2. The molecule has 0 bridgehead atoms. The lowest BCUT2D eigenvalue weighted by atomic mass is 10.1. The number of carboxylic acids is 1. The molecule has 5 rings (SSSR count). The average molecular weight is 347 g/mol. The Morgan fingerprint density at radius 3 is 2.65 bits per heavy atom. The van der Waals surface area contributed by atoms with E-state index in [2.05, 4.69) is 46.3 Å². The molecule has 0 amide bonds. The largest absolute Gasteiger partial charge is 0.478 e. The van der Waals surface area contributed by atoms with E-state index in [1.54, 1.807) is 6.07 Å². The highest BCUT2D eigenvalue weighted by molar-refractivity contribution is 5.95. The number of fused-ring (bicyclic) bond motifs is 1. The second kappa shape index (κ2) is 5.59. The highest BCUT2D eigenvalue weighted by atomic mass is 16.4. The molecule has 0 radical (unpaired) electrons. The topological polar surface area (TPSA) is 67.2 Å². The van der Waals surface area contributed by atoms with Gasteiger partial charge in [0.2, 0.25) is 0 Å². The van der Waals surface area contributed by atoms with E-state index >= 15 is 0 Å². The first-order valence-corrected chi connectivity index (χ1v) is 9.19. The van der Waals surface area contributed by atoms with Gasteiger partial charge < -0.3 is 15.0 Å². The van der Waals surface area contributed by atoms with Crippen molar-refractivity contribution < 1.29 is 9.90 Å². The van der Waals surface area contributed by atoms with E-state index < -0.39 is 5.97 Å². The molecule has 2 aliphatic carbocycles. The molecule has 0 saturated heterocycles. The average Bonchev–Trinajstić information content (AvgIpc) is 3.53. The first-order chi connectivity index (χ1) is 12.6. The summed E-state index contributed by atoms with van der Waals surface area (Å²) >= 11 is 0. The van der Waals surface area contributed by atoms with Crippen LogP contribution in [0.3, 0.4) is 0 Å². The second-order valence-corrected chi connectivity index (χ2v) is 7.57. The maximum absolute atomic E-state index is 11.7. The van der Waals surface area contributed by atoms with Gasteiger partial charge in [0, 0.05) is 30.5 Å². The molecule has 3 aromatic rings. The van der Waals surface area contributed by atoms with Gasteiger partial charge in [-0.3, -0.25) is 0 Å². The van der Waals surface area contributed by atoms with Crippen LogP contribution in [0.4, 0.5) is 11.5 Å². The zero-order valence-electron chi connectivity index (χ0n) is 14.7. The first-order valence-electron chi connectivity index (χ1n) is 9.19. The van der Waals surface area contributed by atoms with Crippen molar-refractivity contribution >= 4 is 28.4 Å². The highest BCUT2D eigenvalue weighted by Gasteiger charge is 2.28. The van der Waals surface area contributed by atoms with Crippen LogP contribution in [0, 0.1) is 0 Å². The lowest BCUT2D eigenvalue weighted by Gasteiger charge is -2.13. The summed E-state index contributed by atoms with van der Waals surface area (Å²) in [5.41, 5.74) is 4.79. The fourth-order valence-corrected chi connectivity index (χ4v) is 3.78. The normalized spacial score (nSPS) is 16.8. The van der Waals surface area contributed by atoms with Gasteiger partial charge in [0.1, 0.15) is 11.4 Å². The molecule has 2 fully saturated rings. The molecule has 26 heavy (non-hydrogen) atoms. The summed E-state index contributed by atoms with van der Waals surface area (Å²) < 4.78 is 2.16. The molecule has 2 heterocycles. The number of pyridine rings is 1. The summed E-state index contributed by atoms with van der Waals surface area (Å²) in [4.78, 5) is 16.2. The molecule has 0 atom stereocenters. The van der Waals surface area contributed by atoms with Gasteiger partial charge in [-0.2, -0.15) is 0 Å². The molecule has 2 aliphatic rings. The molecule has 2 aromatic heterocycles. The fraction of sp³-hybridized carbons (Fsp3) is 0.333. The van der Waals surface area contributed by atoms with Gasteiger partial charge in [0.15, 0.2) is 0 Å². The van der Waals surface area contributed by atoms with E-state index in [0.29, 0.717) is 17.7 Å². The van der Waals surface area contributed by atoms with Gasteiger partial charge in [-0.25, -0.2) is 9.78 Å². The van der Waals surface area contributed by atoms with E-state index in [9.17, 15) is 9.90 Å². The van der Waals surface area contributed by atoms with Crippen molar-refractivity contribution in [3.63, 3.8) is 0 Å². The smallest absolute Gasteiger partial charge is 0.339 e. The number of rotatable bonds is 5. The SMILES string of the molecule is Cn1ccc2cc(Nc3ncc(C4CC4)cc3C(=O)O)cc(C3CC3)c21. The van der Waals surface area contributed by atoms with Crippen LogP contribution in [0.15, 0.2) is 36.7 Å². The van der Waals surface area contributed by atoms with E-state index in [4.69, 9.17) is 0 Å². The Bertz CT molecular complexity index is 1030. The quantitative estimate of drug-likeness (QED) is 0.698. The Kier molecular flexibility index (Phi) is 3.32. The summed E-state index contributed by atoms with van der Waals surface area (Å²) in [6.45, 7) is 0. The highest BCUT2D eigenvalue weighted by Crippen LogP contribution is 2.45. The van der Waals surface area contributed by atoms with Gasteiger partial charge in [-0.05, 0) is 72.9 Å². The van der Waals surface area contributed by atoms with Crippen LogP contribution in [-0.2, 0) is 7.05 Å². The number of hydrogen-bond donors (Lipinski definition) is 2. The Labute approximate surface area is 151 Å². The lowest BCUT2D eigenvalue weighted by Crippen LogP contribution is -2.06. The predicted octanol–water partition coefficient (Wildman–Crippen LogP) is 4.77. The van der Waals surface area contributed by atoms with Gasteiger partial charge in [0.05, 0.1) is 5.52 Å². The van der Waals surface area contributed by atoms with Crippen molar-refractivity contribution in [2.75, 3.05) is 5.32 Å². The lowest BCUT2D eigenvalue weighted by molar-refractivity contribution is 0.0697. The molecule has 2 saturated carbocycles. The van der Waals surface area contributed by atoms with Gasteiger partial charge in [-0.1, -0.05) is 0 Å². The summed E-state index contributed by atoms with van der Waals surface area (Å²) in [5, 5.41) is 14.1. The van der Waals surface area contributed by atoms with E-state index in [1.807, 2.05) is 6.20 Å². The second-order valence-electron chi connectivity index (χ2n) is 7.57. The number of nitrogens with one attached hydrogen (secondary N) is 1. The first kappa shape index (κ1) is 15.4. The molecule has 0 aliphatic heterocycles. The molecular weight excluding hydrogens is 326 g/mol. The molecule has 1 aromatic carbocycles. The third-order valence-electron chi connectivity index (χ3n) is 5.47. The Balaban J connectivity index is 1.56. The van der Waals surface area contributed by atoms with E-state index in [1.165, 1.54) is 29.3 Å². The van der Waals surface area contributed by atoms with Crippen molar-refractivity contribution in [2.45, 2.75) is 37.5 Å². The zero-order chi connectivity index (χ0) is 17.8. The van der Waals surface area contributed by atoms with Crippen LogP contribution in [-0.4, -0.2) is 20.6 Å². The Morgan fingerprint density at radius 2 is 1.96 bits per heavy atom. The number of aryl methyl sites for hydroxylation is 1. The van der Waals surface area contributed by atoms with Gasteiger partial charge >= 0.3 is 5.97 Å². The minimum atomic E-state index is -0.939. The molecule has 0 unspecified atom stereocenters. The summed E-state index contributed by atoms with van der Waals surface area (Å²) in [5.74, 6) is 0.568. The van der Waals surface area contributed by atoms with Crippen molar-refractivity contribution in [1.29, 1.82) is 0 Å². The number of carbonyl (C=O) groups is 1. The summed E-state index contributed by atoms with van der Waals surface area (Å²) in [6.07, 6.45) is 8.59. The summed E-state index contributed by atoms with van der Waals surface area (Å²) in [7, 11) is 2.07. The molecule has 5 heteroatoms. The van der Waals surface area contributed by atoms with Gasteiger partial charge in [0.25, 0.3) is 0 Å². The number of nitrogens with zero attached hydrogens (tertiary/aromatic N) is 2. The Morgan fingerprint density at radius 1 is 1.19 bits per heavy atom. The van der Waals surface area contributed by atoms with Crippen molar-refractivity contribution in [1.82, 2.24) is 9.55 Å². The summed E-state index contributed by atoms with van der Waals surface area (Å²) in [6, 6.07) is 8.11. The fourth-order valence-electron chi connectivity index (χ4n) is 3.78. The Hall–Kier alpha value is -2.82. The number of benzene rings is 1. The maximum atomic E-state index is 11.7. The number of aromatic carboxylic acids is 1. The standard InChI is InChI=1S/C21H21N3O2/c1-24-7-6-14-8-16(10-17(19(14)24)13-4-5-13)23-20-18(21(25)26)9-15(11-22-20)12-2-3-12/h6-13H,2-5H2,1H3,(H,22,23)(H,25,26). The van der Waals surface area contributed by atoms with E-state index in [0.717, 1.165) is 24.1 Å². The zero-order valence-corrected chi connectivity index (χ0v) is 14.7. The number of hydrogen-bond acceptors (Lipinski definition) is 3. The van der Waals surface area contributed by atoms with Crippen molar-refractivity contribution in [3.8, 4) is 0 Å². The van der Waals surface area contributed by atoms with Crippen LogP contribution in [0.25, 0.3) is 10.9 Å². The van der Waals surface area contributed by atoms with Crippen molar-refractivity contribution in [2.24, 2.45) is 7.05 Å². The van der Waals surface area contributed by atoms with Crippen LogP contribution in [0.2, 0.25) is 0 Å². The maximum Gasteiger partial charge on any atom is 0.339 e. The van der Waals surface area contributed by atoms with E-state index in [-0.39, 0.29) is 5.56 Å². The number of anilines is 2. The van der Waals surface area contributed by atoms with Crippen LogP contribution in [0.5, 0.6) is 0 Å². The molecule has 0 spiro atoms. The van der Waals surface area contributed by atoms with Crippen LogP contribution >= 0.6 is 0 Å². The third kappa shape index (κ3) is 2.64.